The van der Waals surface area contributed by atoms with Crippen molar-refractivity contribution in [3.8, 4) is 0 Å². The molecule has 0 radical (unpaired) electrons. The molecule has 1 aliphatic rings. The van der Waals surface area contributed by atoms with Gasteiger partial charge in [0.15, 0.2) is 0 Å². The highest BCUT2D eigenvalue weighted by atomic mass is 16.3. The Balaban J connectivity index is 1.73. The fourth-order valence-corrected chi connectivity index (χ4v) is 2.83. The number of nitrogen functional groups attached to an aromatic ring is 1. The second-order valence-corrected chi connectivity index (χ2v) is 5.75. The Labute approximate surface area is 122 Å². The summed E-state index contributed by atoms with van der Waals surface area (Å²) in [4.78, 5) is 19.2. The molecule has 6 nitrogen and oxygen atoms in total. The lowest BCUT2D eigenvalue weighted by molar-refractivity contribution is 0.111. The zero-order valence-electron chi connectivity index (χ0n) is 11.8. The highest BCUT2D eigenvalue weighted by molar-refractivity contribution is 5.81. The first kappa shape index (κ1) is 13.9. The SMILES string of the molecule is Nc1ccc2nc(NCC3CCC(O)CC3)[nH]c(=O)c2c1. The summed E-state index contributed by atoms with van der Waals surface area (Å²) in [5.41, 5.74) is 6.68. The minimum Gasteiger partial charge on any atom is -0.399 e. The predicted molar refractivity (Wildman–Crippen MR) is 83.2 cm³/mol. The smallest absolute Gasteiger partial charge is 0.260 e. The molecule has 0 atom stereocenters. The van der Waals surface area contributed by atoms with Crippen molar-refractivity contribution < 1.29 is 5.11 Å². The second kappa shape index (κ2) is 5.73. The first-order valence-electron chi connectivity index (χ1n) is 7.33. The minimum atomic E-state index is -0.186. The summed E-state index contributed by atoms with van der Waals surface area (Å²) in [7, 11) is 0. The first-order chi connectivity index (χ1) is 10.1. The molecule has 5 N–H and O–H groups in total. The maximum Gasteiger partial charge on any atom is 0.260 e. The molecule has 1 aromatic carbocycles. The van der Waals surface area contributed by atoms with Crippen LogP contribution in [0.4, 0.5) is 11.6 Å². The third-order valence-electron chi connectivity index (χ3n) is 4.10. The Kier molecular flexibility index (Phi) is 3.79. The molecule has 0 unspecified atom stereocenters. The van der Waals surface area contributed by atoms with Crippen LogP contribution in [-0.4, -0.2) is 27.7 Å². The third kappa shape index (κ3) is 3.16. The van der Waals surface area contributed by atoms with Crippen LogP contribution in [0.15, 0.2) is 23.0 Å². The van der Waals surface area contributed by atoms with E-state index >= 15 is 0 Å². The van der Waals surface area contributed by atoms with E-state index in [2.05, 4.69) is 15.3 Å². The van der Waals surface area contributed by atoms with Crippen LogP contribution < -0.4 is 16.6 Å². The molecule has 2 aromatic rings. The van der Waals surface area contributed by atoms with Crippen molar-refractivity contribution in [3.63, 3.8) is 0 Å². The number of aromatic nitrogens is 2. The maximum absolute atomic E-state index is 12.0. The average Bonchev–Trinajstić information content (AvgIpc) is 2.47. The highest BCUT2D eigenvalue weighted by Crippen LogP contribution is 2.24. The third-order valence-corrected chi connectivity index (χ3v) is 4.10. The number of nitrogens with zero attached hydrogens (tertiary/aromatic N) is 1. The summed E-state index contributed by atoms with van der Waals surface area (Å²) in [6.07, 6.45) is 3.57. The van der Waals surface area contributed by atoms with E-state index in [0.717, 1.165) is 32.2 Å². The summed E-state index contributed by atoms with van der Waals surface area (Å²) in [5.74, 6) is 1.00. The van der Waals surface area contributed by atoms with E-state index in [1.807, 2.05) is 0 Å². The first-order valence-corrected chi connectivity index (χ1v) is 7.33. The summed E-state index contributed by atoms with van der Waals surface area (Å²) < 4.78 is 0. The van der Waals surface area contributed by atoms with Crippen LogP contribution >= 0.6 is 0 Å². The van der Waals surface area contributed by atoms with E-state index in [-0.39, 0.29) is 11.7 Å². The Bertz CT molecular complexity index is 690. The maximum atomic E-state index is 12.0. The molecule has 1 saturated carbocycles. The number of hydrogen-bond acceptors (Lipinski definition) is 5. The predicted octanol–water partition coefficient (Wildman–Crippen LogP) is 1.47. The largest absolute Gasteiger partial charge is 0.399 e. The van der Waals surface area contributed by atoms with Gasteiger partial charge >= 0.3 is 0 Å². The van der Waals surface area contributed by atoms with Gasteiger partial charge in [-0.3, -0.25) is 9.78 Å². The molecule has 1 fully saturated rings. The molecule has 3 rings (SSSR count). The fraction of sp³-hybridized carbons (Fsp3) is 0.467. The van der Waals surface area contributed by atoms with Gasteiger partial charge in [-0.15, -0.1) is 0 Å². The van der Waals surface area contributed by atoms with Gasteiger partial charge in [0, 0.05) is 12.2 Å². The van der Waals surface area contributed by atoms with E-state index in [1.165, 1.54) is 0 Å². The van der Waals surface area contributed by atoms with Gasteiger partial charge in [0.2, 0.25) is 5.95 Å². The molecule has 0 saturated heterocycles. The molecule has 1 aliphatic carbocycles. The van der Waals surface area contributed by atoms with Crippen LogP contribution in [0.2, 0.25) is 0 Å². The Morgan fingerprint density at radius 3 is 2.86 bits per heavy atom. The number of rotatable bonds is 3. The average molecular weight is 288 g/mol. The number of fused-ring (bicyclic) bond motifs is 1. The number of anilines is 2. The second-order valence-electron chi connectivity index (χ2n) is 5.75. The Morgan fingerprint density at radius 1 is 1.33 bits per heavy atom. The zero-order valence-corrected chi connectivity index (χ0v) is 11.8. The number of aromatic amines is 1. The standard InChI is InChI=1S/C15H20N4O2/c16-10-3-6-13-12(7-10)14(21)19-15(18-13)17-8-9-1-4-11(20)5-2-9/h3,6-7,9,11,20H,1-2,4-5,8,16H2,(H2,17,18,19,21). The number of hydrogen-bond donors (Lipinski definition) is 4. The van der Waals surface area contributed by atoms with E-state index in [1.54, 1.807) is 18.2 Å². The van der Waals surface area contributed by atoms with Crippen molar-refractivity contribution in [2.24, 2.45) is 5.92 Å². The molecular formula is C15H20N4O2. The van der Waals surface area contributed by atoms with Crippen LogP contribution in [-0.2, 0) is 0 Å². The van der Waals surface area contributed by atoms with Gasteiger partial charge in [0.1, 0.15) is 0 Å². The van der Waals surface area contributed by atoms with Gasteiger partial charge in [0.05, 0.1) is 17.0 Å². The number of nitrogens with two attached hydrogens (primary N) is 1. The van der Waals surface area contributed by atoms with Crippen molar-refractivity contribution in [2.75, 3.05) is 17.6 Å². The van der Waals surface area contributed by atoms with Gasteiger partial charge in [-0.2, -0.15) is 0 Å². The van der Waals surface area contributed by atoms with Gasteiger partial charge in [-0.05, 0) is 49.8 Å². The van der Waals surface area contributed by atoms with Crippen LogP contribution in [0.25, 0.3) is 10.9 Å². The zero-order chi connectivity index (χ0) is 14.8. The molecule has 1 heterocycles. The Hall–Kier alpha value is -2.08. The van der Waals surface area contributed by atoms with E-state index in [9.17, 15) is 9.90 Å². The lowest BCUT2D eigenvalue weighted by atomic mass is 9.87. The van der Waals surface area contributed by atoms with Crippen molar-refractivity contribution in [1.29, 1.82) is 0 Å². The van der Waals surface area contributed by atoms with Crippen LogP contribution in [0.1, 0.15) is 25.7 Å². The van der Waals surface area contributed by atoms with E-state index < -0.39 is 0 Å². The number of aliphatic hydroxyl groups excluding tert-OH is 1. The van der Waals surface area contributed by atoms with Gasteiger partial charge < -0.3 is 16.2 Å². The lowest BCUT2D eigenvalue weighted by Crippen LogP contribution is -2.24. The monoisotopic (exact) mass is 288 g/mol. The Morgan fingerprint density at radius 2 is 2.10 bits per heavy atom. The van der Waals surface area contributed by atoms with E-state index in [4.69, 9.17) is 5.73 Å². The van der Waals surface area contributed by atoms with Crippen molar-refractivity contribution in [3.05, 3.63) is 28.6 Å². The molecule has 0 bridgehead atoms. The number of benzene rings is 1. The van der Waals surface area contributed by atoms with Crippen molar-refractivity contribution >= 4 is 22.5 Å². The highest BCUT2D eigenvalue weighted by Gasteiger charge is 2.19. The molecule has 0 amide bonds. The van der Waals surface area contributed by atoms with Crippen molar-refractivity contribution in [1.82, 2.24) is 9.97 Å². The van der Waals surface area contributed by atoms with Crippen LogP contribution in [0.3, 0.4) is 0 Å². The van der Waals surface area contributed by atoms with Crippen molar-refractivity contribution in [2.45, 2.75) is 31.8 Å². The fourth-order valence-electron chi connectivity index (χ4n) is 2.83. The summed E-state index contributed by atoms with van der Waals surface area (Å²) in [5, 5.41) is 13.2. The molecule has 0 spiro atoms. The molecule has 1 aromatic heterocycles. The summed E-state index contributed by atoms with van der Waals surface area (Å²) in [6, 6.07) is 5.12. The number of H-pyrrole nitrogens is 1. The van der Waals surface area contributed by atoms with Crippen LogP contribution in [0, 0.1) is 5.92 Å². The molecule has 112 valence electrons. The number of aliphatic hydroxyl groups is 1. The van der Waals surface area contributed by atoms with Gasteiger partial charge in [-0.1, -0.05) is 0 Å². The van der Waals surface area contributed by atoms with Gasteiger partial charge in [-0.25, -0.2) is 4.98 Å². The lowest BCUT2D eigenvalue weighted by Gasteiger charge is -2.25. The molecule has 0 aliphatic heterocycles. The molecule has 6 heteroatoms. The topological polar surface area (TPSA) is 104 Å². The quantitative estimate of drug-likeness (QED) is 0.640. The van der Waals surface area contributed by atoms with Gasteiger partial charge in [0.25, 0.3) is 5.56 Å². The normalized spacial score (nSPS) is 22.3. The molecular weight excluding hydrogens is 268 g/mol. The summed E-state index contributed by atoms with van der Waals surface area (Å²) in [6.45, 7) is 0.760. The number of nitrogens with one attached hydrogen (secondary N) is 2. The molecule has 21 heavy (non-hydrogen) atoms. The summed E-state index contributed by atoms with van der Waals surface area (Å²) >= 11 is 0. The van der Waals surface area contributed by atoms with E-state index in [0.29, 0.717) is 28.5 Å². The van der Waals surface area contributed by atoms with Crippen LogP contribution in [0.5, 0.6) is 0 Å². The minimum absolute atomic E-state index is 0.148.